The number of rotatable bonds is 2. The number of H-pyrrole nitrogens is 1. The highest BCUT2D eigenvalue weighted by molar-refractivity contribution is 5.98. The number of hydrogen-bond donors (Lipinski definition) is 1. The Balaban J connectivity index is 1.74. The third-order valence-corrected chi connectivity index (χ3v) is 3.77. The fraction of sp³-hybridized carbons (Fsp3) is 0.357. The highest BCUT2D eigenvalue weighted by Crippen LogP contribution is 2.19. The molecule has 1 aliphatic heterocycles. The predicted molar refractivity (Wildman–Crippen MR) is 76.4 cm³/mol. The minimum Gasteiger partial charge on any atom is -0.361 e. The van der Waals surface area contributed by atoms with E-state index in [-0.39, 0.29) is 11.9 Å². The molecule has 0 bridgehead atoms. The molecule has 2 heterocycles. The van der Waals surface area contributed by atoms with E-state index in [1.807, 2.05) is 35.4 Å². The van der Waals surface area contributed by atoms with Crippen LogP contribution in [0.4, 0.5) is 0 Å². The molecule has 1 saturated heterocycles. The van der Waals surface area contributed by atoms with Crippen LogP contribution in [0.15, 0.2) is 35.6 Å². The molecule has 1 N–H and O–H groups in total. The van der Waals surface area contributed by atoms with Crippen LogP contribution in [0.5, 0.6) is 0 Å². The van der Waals surface area contributed by atoms with Crippen LogP contribution in [0.3, 0.4) is 0 Å². The summed E-state index contributed by atoms with van der Waals surface area (Å²) >= 11 is 0. The molecule has 1 aromatic carbocycles. The summed E-state index contributed by atoms with van der Waals surface area (Å²) in [6.07, 6.45) is 3.34. The fourth-order valence-electron chi connectivity index (χ4n) is 2.62. The molecular weight excluding hydrogens is 254 g/mol. The molecule has 0 radical (unpaired) electrons. The summed E-state index contributed by atoms with van der Waals surface area (Å²) in [5.74, 6) is 0.0425. The number of fused-ring (bicyclic) bond motifs is 1. The van der Waals surface area contributed by atoms with Gasteiger partial charge in [0.2, 0.25) is 0 Å². The van der Waals surface area contributed by atoms with Crippen molar-refractivity contribution < 1.29 is 4.79 Å². The van der Waals surface area contributed by atoms with E-state index < -0.39 is 0 Å². The van der Waals surface area contributed by atoms with Gasteiger partial charge in [-0.15, -0.1) is 0 Å². The Morgan fingerprint density at radius 2 is 2.15 bits per heavy atom. The second-order valence-corrected chi connectivity index (χ2v) is 5.01. The van der Waals surface area contributed by atoms with Crippen molar-refractivity contribution in [3.63, 3.8) is 0 Å². The number of azide groups is 1. The molecule has 6 heteroatoms. The summed E-state index contributed by atoms with van der Waals surface area (Å²) in [5, 5.41) is 4.82. The summed E-state index contributed by atoms with van der Waals surface area (Å²) in [6.45, 7) is 1.29. The van der Waals surface area contributed by atoms with Gasteiger partial charge in [0.15, 0.2) is 0 Å². The lowest BCUT2D eigenvalue weighted by atomic mass is 10.0. The van der Waals surface area contributed by atoms with Crippen LogP contribution in [-0.4, -0.2) is 34.9 Å². The van der Waals surface area contributed by atoms with Crippen LogP contribution in [-0.2, 0) is 0 Å². The monoisotopic (exact) mass is 269 g/mol. The lowest BCUT2D eigenvalue weighted by Crippen LogP contribution is -2.39. The molecule has 1 fully saturated rings. The first-order valence-electron chi connectivity index (χ1n) is 6.68. The topological polar surface area (TPSA) is 84.9 Å². The normalized spacial score (nSPS) is 16.1. The number of nitrogens with one attached hydrogen (secondary N) is 1. The third-order valence-electron chi connectivity index (χ3n) is 3.77. The number of carbonyl (C=O) groups is 1. The van der Waals surface area contributed by atoms with Gasteiger partial charge in [-0.1, -0.05) is 11.2 Å². The molecule has 0 aliphatic carbocycles. The Morgan fingerprint density at radius 1 is 1.35 bits per heavy atom. The Hall–Kier alpha value is -2.46. The molecular formula is C14H15N5O. The summed E-state index contributed by atoms with van der Waals surface area (Å²) in [6, 6.07) is 7.70. The molecule has 0 atom stereocenters. The van der Waals surface area contributed by atoms with Gasteiger partial charge in [0.05, 0.1) is 0 Å². The van der Waals surface area contributed by atoms with Gasteiger partial charge in [0.25, 0.3) is 5.91 Å². The summed E-state index contributed by atoms with van der Waals surface area (Å²) in [5.41, 5.74) is 10.1. The Kier molecular flexibility index (Phi) is 3.31. The van der Waals surface area contributed by atoms with Crippen LogP contribution >= 0.6 is 0 Å². The summed E-state index contributed by atoms with van der Waals surface area (Å²) in [7, 11) is 0. The fourth-order valence-corrected chi connectivity index (χ4v) is 2.62. The van der Waals surface area contributed by atoms with E-state index in [1.54, 1.807) is 0 Å². The van der Waals surface area contributed by atoms with Crippen molar-refractivity contribution in [3.05, 3.63) is 46.5 Å². The maximum atomic E-state index is 12.4. The van der Waals surface area contributed by atoms with E-state index >= 15 is 0 Å². The largest absolute Gasteiger partial charge is 0.361 e. The summed E-state index contributed by atoms with van der Waals surface area (Å²) < 4.78 is 0. The first kappa shape index (κ1) is 12.6. The van der Waals surface area contributed by atoms with Gasteiger partial charge in [-0.3, -0.25) is 4.79 Å². The molecule has 0 spiro atoms. The van der Waals surface area contributed by atoms with E-state index in [1.165, 1.54) is 0 Å². The van der Waals surface area contributed by atoms with Gasteiger partial charge < -0.3 is 9.88 Å². The Labute approximate surface area is 116 Å². The van der Waals surface area contributed by atoms with Crippen molar-refractivity contribution in [1.82, 2.24) is 9.88 Å². The highest BCUT2D eigenvalue weighted by Gasteiger charge is 2.23. The van der Waals surface area contributed by atoms with E-state index in [0.29, 0.717) is 18.7 Å². The van der Waals surface area contributed by atoms with Crippen molar-refractivity contribution in [3.8, 4) is 0 Å². The first-order valence-corrected chi connectivity index (χ1v) is 6.68. The van der Waals surface area contributed by atoms with Crippen molar-refractivity contribution >= 4 is 16.8 Å². The van der Waals surface area contributed by atoms with E-state index in [4.69, 9.17) is 5.53 Å². The summed E-state index contributed by atoms with van der Waals surface area (Å²) in [4.78, 5) is 20.2. The number of carbonyl (C=O) groups excluding carboxylic acids is 1. The van der Waals surface area contributed by atoms with Crippen molar-refractivity contribution in [2.45, 2.75) is 18.9 Å². The minimum atomic E-state index is 0.0231. The van der Waals surface area contributed by atoms with Crippen LogP contribution < -0.4 is 0 Å². The molecule has 2 aromatic rings. The van der Waals surface area contributed by atoms with Crippen LogP contribution in [0.1, 0.15) is 23.2 Å². The number of benzene rings is 1. The molecule has 6 nitrogen and oxygen atoms in total. The third kappa shape index (κ3) is 2.33. The maximum Gasteiger partial charge on any atom is 0.253 e. The minimum absolute atomic E-state index is 0.0231. The van der Waals surface area contributed by atoms with Crippen molar-refractivity contribution in [2.75, 3.05) is 13.1 Å². The quantitative estimate of drug-likeness (QED) is 0.507. The van der Waals surface area contributed by atoms with Gasteiger partial charge in [-0.25, -0.2) is 0 Å². The molecule has 0 saturated carbocycles. The Morgan fingerprint density at radius 3 is 2.90 bits per heavy atom. The molecule has 0 unspecified atom stereocenters. The number of piperidine rings is 1. The number of aromatic amines is 1. The second-order valence-electron chi connectivity index (χ2n) is 5.01. The molecule has 1 aliphatic rings. The molecule has 1 aromatic heterocycles. The lowest BCUT2D eigenvalue weighted by Gasteiger charge is -2.30. The zero-order chi connectivity index (χ0) is 13.9. The van der Waals surface area contributed by atoms with E-state index in [9.17, 15) is 4.79 Å². The maximum absolute atomic E-state index is 12.4. The number of nitrogens with zero attached hydrogens (tertiary/aromatic N) is 4. The standard InChI is InChI=1S/C14H15N5O/c15-18-17-12-4-7-19(8-5-12)14(20)11-2-1-10-3-6-16-13(10)9-11/h1-3,6,9,12,16H,4-5,7-8H2. The van der Waals surface area contributed by atoms with Gasteiger partial charge in [0.1, 0.15) is 0 Å². The van der Waals surface area contributed by atoms with Gasteiger partial charge in [-0.2, -0.15) is 0 Å². The lowest BCUT2D eigenvalue weighted by molar-refractivity contribution is 0.0715. The van der Waals surface area contributed by atoms with E-state index in [0.717, 1.165) is 23.7 Å². The molecule has 20 heavy (non-hydrogen) atoms. The van der Waals surface area contributed by atoms with Gasteiger partial charge in [0, 0.05) is 41.3 Å². The molecule has 102 valence electrons. The average Bonchev–Trinajstić information content (AvgIpc) is 2.95. The van der Waals surface area contributed by atoms with Crippen molar-refractivity contribution in [2.24, 2.45) is 5.11 Å². The zero-order valence-electron chi connectivity index (χ0n) is 11.0. The Bertz CT molecular complexity index is 678. The van der Waals surface area contributed by atoms with Crippen LogP contribution in [0, 0.1) is 0 Å². The van der Waals surface area contributed by atoms with Gasteiger partial charge in [-0.05, 0) is 42.0 Å². The number of likely N-dealkylation sites (tertiary alicyclic amines) is 1. The average molecular weight is 269 g/mol. The SMILES string of the molecule is [N-]=[N+]=NC1CCN(C(=O)c2ccc3cc[nH]c3c2)CC1. The zero-order valence-corrected chi connectivity index (χ0v) is 11.0. The smallest absolute Gasteiger partial charge is 0.253 e. The van der Waals surface area contributed by atoms with E-state index in [2.05, 4.69) is 15.0 Å². The second kappa shape index (κ2) is 5.27. The van der Waals surface area contributed by atoms with Crippen LogP contribution in [0.25, 0.3) is 21.3 Å². The highest BCUT2D eigenvalue weighted by atomic mass is 16.2. The number of hydrogen-bond acceptors (Lipinski definition) is 2. The van der Waals surface area contributed by atoms with Crippen LogP contribution in [0.2, 0.25) is 0 Å². The number of aromatic nitrogens is 1. The first-order chi connectivity index (χ1) is 9.78. The van der Waals surface area contributed by atoms with Crippen molar-refractivity contribution in [1.29, 1.82) is 0 Å². The molecule has 3 rings (SSSR count). The molecule has 1 amide bonds. The predicted octanol–water partition coefficient (Wildman–Crippen LogP) is 3.08. The number of amides is 1. The van der Waals surface area contributed by atoms with Gasteiger partial charge >= 0.3 is 0 Å².